The fraction of sp³-hybridized carbons (Fsp3) is 0.478. The van der Waals surface area contributed by atoms with Gasteiger partial charge in [0.05, 0.1) is 5.69 Å². The summed E-state index contributed by atoms with van der Waals surface area (Å²) >= 11 is 1.38. The maximum Gasteiger partial charge on any atom is 0.325 e. The molecule has 1 saturated carbocycles. The highest BCUT2D eigenvalue weighted by molar-refractivity contribution is 7.17. The lowest BCUT2D eigenvalue weighted by atomic mass is 9.98. The molecule has 0 bridgehead atoms. The Morgan fingerprint density at radius 3 is 2.61 bits per heavy atom. The molecule has 1 aromatic heterocycles. The molecule has 0 radical (unpaired) electrons. The standard InChI is InChI=1S/C23H28N4O3S/c1-3-16-7-9-17(10-8-16)20-25-15(2)18(31-20)19(28)24-13-6-14-27-21(29)23(26-22(27)30)11-4-5-12-23/h7-10H,3-6,11-14H2,1-2H3,(H,24,28)(H,26,30). The maximum atomic E-state index is 12.7. The Hall–Kier alpha value is -2.74. The zero-order chi connectivity index (χ0) is 22.0. The second-order valence-electron chi connectivity index (χ2n) is 8.27. The number of urea groups is 1. The van der Waals surface area contributed by atoms with Gasteiger partial charge in [-0.3, -0.25) is 14.5 Å². The first kappa shape index (κ1) is 21.5. The van der Waals surface area contributed by atoms with Crippen molar-refractivity contribution in [2.24, 2.45) is 0 Å². The monoisotopic (exact) mass is 440 g/mol. The summed E-state index contributed by atoms with van der Waals surface area (Å²) in [5.74, 6) is -0.283. The van der Waals surface area contributed by atoms with E-state index in [1.807, 2.05) is 19.1 Å². The highest BCUT2D eigenvalue weighted by Gasteiger charge is 2.51. The minimum Gasteiger partial charge on any atom is -0.351 e. The van der Waals surface area contributed by atoms with E-state index in [-0.39, 0.29) is 17.8 Å². The summed E-state index contributed by atoms with van der Waals surface area (Å²) in [5.41, 5.74) is 2.29. The summed E-state index contributed by atoms with van der Waals surface area (Å²) in [6, 6.07) is 7.92. The fourth-order valence-electron chi connectivity index (χ4n) is 4.33. The molecule has 4 amide bonds. The zero-order valence-electron chi connectivity index (χ0n) is 18.0. The van der Waals surface area contributed by atoms with Gasteiger partial charge in [0.15, 0.2) is 0 Å². The molecule has 2 fully saturated rings. The maximum absolute atomic E-state index is 12.7. The highest BCUT2D eigenvalue weighted by atomic mass is 32.1. The predicted octanol–water partition coefficient (Wildman–Crippen LogP) is 3.67. The molecular weight excluding hydrogens is 412 g/mol. The van der Waals surface area contributed by atoms with E-state index in [0.29, 0.717) is 30.1 Å². The van der Waals surface area contributed by atoms with Crippen LogP contribution < -0.4 is 10.6 Å². The van der Waals surface area contributed by atoms with Gasteiger partial charge < -0.3 is 10.6 Å². The van der Waals surface area contributed by atoms with E-state index in [1.165, 1.54) is 21.8 Å². The molecule has 2 N–H and O–H groups in total. The number of aromatic nitrogens is 1. The van der Waals surface area contributed by atoms with Crippen LogP contribution in [-0.4, -0.2) is 46.4 Å². The van der Waals surface area contributed by atoms with Crippen molar-refractivity contribution in [1.29, 1.82) is 0 Å². The minimum atomic E-state index is -0.675. The summed E-state index contributed by atoms with van der Waals surface area (Å²) in [6.45, 7) is 4.65. The SMILES string of the molecule is CCc1ccc(-c2nc(C)c(C(=O)NCCCN3C(=O)NC4(CCCC4)C3=O)s2)cc1. The number of imide groups is 1. The van der Waals surface area contributed by atoms with Gasteiger partial charge in [-0.25, -0.2) is 9.78 Å². The summed E-state index contributed by atoms with van der Waals surface area (Å²) in [4.78, 5) is 44.0. The third-order valence-corrected chi connectivity index (χ3v) is 7.36. The van der Waals surface area contributed by atoms with Crippen LogP contribution >= 0.6 is 11.3 Å². The van der Waals surface area contributed by atoms with Crippen molar-refractivity contribution < 1.29 is 14.4 Å². The van der Waals surface area contributed by atoms with Gasteiger partial charge in [0.2, 0.25) is 0 Å². The Morgan fingerprint density at radius 2 is 1.94 bits per heavy atom. The van der Waals surface area contributed by atoms with Crippen LogP contribution in [0, 0.1) is 6.92 Å². The molecule has 4 rings (SSSR count). The summed E-state index contributed by atoms with van der Waals surface area (Å²) < 4.78 is 0. The van der Waals surface area contributed by atoms with Crippen LogP contribution in [0.4, 0.5) is 4.79 Å². The van der Waals surface area contributed by atoms with Gasteiger partial charge in [0.25, 0.3) is 11.8 Å². The van der Waals surface area contributed by atoms with E-state index in [9.17, 15) is 14.4 Å². The van der Waals surface area contributed by atoms with Crippen molar-refractivity contribution in [2.75, 3.05) is 13.1 Å². The lowest BCUT2D eigenvalue weighted by Crippen LogP contribution is -2.44. The van der Waals surface area contributed by atoms with Crippen LogP contribution in [-0.2, 0) is 11.2 Å². The highest BCUT2D eigenvalue weighted by Crippen LogP contribution is 2.35. The average Bonchev–Trinajstić information content (AvgIpc) is 3.45. The third kappa shape index (κ3) is 4.21. The summed E-state index contributed by atoms with van der Waals surface area (Å²) in [7, 11) is 0. The molecule has 8 heteroatoms. The number of nitrogens with one attached hydrogen (secondary N) is 2. The molecule has 2 aliphatic rings. The molecular formula is C23H28N4O3S. The quantitative estimate of drug-likeness (QED) is 0.508. The van der Waals surface area contributed by atoms with Crippen molar-refractivity contribution in [2.45, 2.75) is 57.9 Å². The number of amides is 4. The Kier molecular flexibility index (Phi) is 6.09. The zero-order valence-corrected chi connectivity index (χ0v) is 18.8. The Morgan fingerprint density at radius 1 is 1.23 bits per heavy atom. The number of aryl methyl sites for hydroxylation is 2. The number of hydrogen-bond donors (Lipinski definition) is 2. The van der Waals surface area contributed by atoms with Crippen molar-refractivity contribution >= 4 is 29.2 Å². The van der Waals surface area contributed by atoms with E-state index < -0.39 is 5.54 Å². The minimum absolute atomic E-state index is 0.113. The van der Waals surface area contributed by atoms with Gasteiger partial charge in [-0.15, -0.1) is 11.3 Å². The van der Waals surface area contributed by atoms with Crippen LogP contribution in [0.15, 0.2) is 24.3 Å². The predicted molar refractivity (Wildman–Crippen MR) is 120 cm³/mol. The molecule has 2 heterocycles. The number of carbonyl (C=O) groups is 3. The Labute approximate surface area is 186 Å². The molecule has 1 spiro atoms. The van der Waals surface area contributed by atoms with Gasteiger partial charge in [-0.1, -0.05) is 44.0 Å². The smallest absolute Gasteiger partial charge is 0.325 e. The molecule has 1 aliphatic heterocycles. The van der Waals surface area contributed by atoms with E-state index in [0.717, 1.165) is 42.7 Å². The second-order valence-corrected chi connectivity index (χ2v) is 9.27. The molecule has 31 heavy (non-hydrogen) atoms. The molecule has 0 atom stereocenters. The summed E-state index contributed by atoms with van der Waals surface area (Å²) in [5, 5.41) is 6.61. The number of hydrogen-bond acceptors (Lipinski definition) is 5. The lowest BCUT2D eigenvalue weighted by Gasteiger charge is -2.20. The number of rotatable bonds is 7. The first-order valence-electron chi connectivity index (χ1n) is 10.9. The number of carbonyl (C=O) groups excluding carboxylic acids is 3. The molecule has 7 nitrogen and oxygen atoms in total. The van der Waals surface area contributed by atoms with E-state index in [2.05, 4.69) is 34.7 Å². The summed E-state index contributed by atoms with van der Waals surface area (Å²) in [6.07, 6.45) is 4.88. The van der Waals surface area contributed by atoms with Crippen LogP contribution in [0.2, 0.25) is 0 Å². The van der Waals surface area contributed by atoms with Crippen molar-refractivity contribution in [3.8, 4) is 10.6 Å². The fourth-order valence-corrected chi connectivity index (χ4v) is 5.32. The molecule has 1 aromatic carbocycles. The van der Waals surface area contributed by atoms with Gasteiger partial charge in [0, 0.05) is 18.7 Å². The van der Waals surface area contributed by atoms with Crippen molar-refractivity contribution in [1.82, 2.24) is 20.5 Å². The number of thiazole rings is 1. The molecule has 1 saturated heterocycles. The Bertz CT molecular complexity index is 993. The van der Waals surface area contributed by atoms with E-state index in [1.54, 1.807) is 0 Å². The van der Waals surface area contributed by atoms with E-state index in [4.69, 9.17) is 0 Å². The van der Waals surface area contributed by atoms with Gasteiger partial charge in [-0.05, 0) is 38.2 Å². The number of nitrogens with zero attached hydrogens (tertiary/aromatic N) is 2. The van der Waals surface area contributed by atoms with Crippen molar-refractivity contribution in [3.05, 3.63) is 40.4 Å². The number of benzene rings is 1. The second kappa shape index (κ2) is 8.78. The van der Waals surface area contributed by atoms with Gasteiger partial charge >= 0.3 is 6.03 Å². The van der Waals surface area contributed by atoms with Crippen molar-refractivity contribution in [3.63, 3.8) is 0 Å². The van der Waals surface area contributed by atoms with Crippen LogP contribution in [0.1, 0.15) is 60.0 Å². The van der Waals surface area contributed by atoms with Crippen LogP contribution in [0.3, 0.4) is 0 Å². The van der Waals surface area contributed by atoms with Crippen LogP contribution in [0.5, 0.6) is 0 Å². The normalized spacial score (nSPS) is 17.4. The molecule has 1 aliphatic carbocycles. The van der Waals surface area contributed by atoms with E-state index >= 15 is 0 Å². The molecule has 2 aromatic rings. The van der Waals surface area contributed by atoms with Crippen LogP contribution in [0.25, 0.3) is 10.6 Å². The first-order valence-corrected chi connectivity index (χ1v) is 11.7. The average molecular weight is 441 g/mol. The Balaban J connectivity index is 1.31. The topological polar surface area (TPSA) is 91.4 Å². The third-order valence-electron chi connectivity index (χ3n) is 6.16. The lowest BCUT2D eigenvalue weighted by molar-refractivity contribution is -0.131. The molecule has 0 unspecified atom stereocenters. The van der Waals surface area contributed by atoms with Gasteiger partial charge in [0.1, 0.15) is 15.4 Å². The molecule has 164 valence electrons. The largest absolute Gasteiger partial charge is 0.351 e. The first-order chi connectivity index (χ1) is 14.9. The van der Waals surface area contributed by atoms with Gasteiger partial charge in [-0.2, -0.15) is 0 Å².